The third-order valence-electron chi connectivity index (χ3n) is 2.07. The quantitative estimate of drug-likeness (QED) is 0.367. The van der Waals surface area contributed by atoms with Gasteiger partial charge in [-0.15, -0.1) is 0 Å². The van der Waals surface area contributed by atoms with Gasteiger partial charge in [-0.25, -0.2) is 4.79 Å². The van der Waals surface area contributed by atoms with Gasteiger partial charge >= 0.3 is 5.97 Å². The molecule has 0 aliphatic heterocycles. The van der Waals surface area contributed by atoms with Gasteiger partial charge in [-0.1, -0.05) is 24.3 Å². The summed E-state index contributed by atoms with van der Waals surface area (Å²) in [5.41, 5.74) is 0.841. The van der Waals surface area contributed by atoms with Crippen LogP contribution in [0.1, 0.15) is 18.9 Å². The maximum Gasteiger partial charge on any atom is 0.330 e. The van der Waals surface area contributed by atoms with E-state index in [1.807, 2.05) is 19.1 Å². The lowest BCUT2D eigenvalue weighted by atomic mass is 10.2. The molecule has 0 unspecified atom stereocenters. The minimum Gasteiger partial charge on any atom is -0.508 e. The van der Waals surface area contributed by atoms with Crippen LogP contribution in [-0.4, -0.2) is 17.7 Å². The first-order valence-corrected chi connectivity index (χ1v) is 5.47. The summed E-state index contributed by atoms with van der Waals surface area (Å²) in [5, 5.41) is 9.08. The highest BCUT2D eigenvalue weighted by atomic mass is 16.5. The van der Waals surface area contributed by atoms with E-state index >= 15 is 0 Å². The molecule has 1 aromatic carbocycles. The summed E-state index contributed by atoms with van der Waals surface area (Å²) in [6, 6.07) is 6.58. The monoisotopic (exact) mass is 232 g/mol. The molecule has 3 nitrogen and oxygen atoms in total. The van der Waals surface area contributed by atoms with Crippen LogP contribution < -0.4 is 0 Å². The lowest BCUT2D eigenvalue weighted by Crippen LogP contribution is -2.01. The van der Waals surface area contributed by atoms with Crippen molar-refractivity contribution >= 4 is 12.0 Å². The van der Waals surface area contributed by atoms with Crippen LogP contribution in [-0.2, 0) is 9.53 Å². The number of ether oxygens (including phenoxy) is 1. The topological polar surface area (TPSA) is 46.5 Å². The maximum atomic E-state index is 11.3. The second kappa shape index (κ2) is 7.28. The van der Waals surface area contributed by atoms with E-state index < -0.39 is 0 Å². The van der Waals surface area contributed by atoms with Crippen molar-refractivity contribution in [2.45, 2.75) is 13.3 Å². The lowest BCUT2D eigenvalue weighted by molar-refractivity contribution is -0.137. The first-order chi connectivity index (χ1) is 8.22. The van der Waals surface area contributed by atoms with Gasteiger partial charge in [0.05, 0.1) is 6.61 Å². The molecule has 0 radical (unpaired) electrons. The van der Waals surface area contributed by atoms with Crippen molar-refractivity contribution in [1.29, 1.82) is 0 Å². The number of benzene rings is 1. The number of carbonyl (C=O) groups excluding carboxylic acids is 1. The van der Waals surface area contributed by atoms with Crippen LogP contribution >= 0.6 is 0 Å². The summed E-state index contributed by atoms with van der Waals surface area (Å²) in [5.74, 6) is -0.154. The Balaban J connectivity index is 2.37. The largest absolute Gasteiger partial charge is 0.508 e. The normalized spacial score (nSPS) is 11.1. The molecule has 0 atom stereocenters. The molecule has 0 spiro atoms. The van der Waals surface area contributed by atoms with Crippen LogP contribution in [0, 0.1) is 0 Å². The number of phenols is 1. The molecule has 0 amide bonds. The molecule has 0 heterocycles. The van der Waals surface area contributed by atoms with Crippen molar-refractivity contribution in [3.63, 3.8) is 0 Å². The predicted molar refractivity (Wildman–Crippen MR) is 67.5 cm³/mol. The fourth-order valence-corrected chi connectivity index (χ4v) is 1.19. The summed E-state index contributed by atoms with van der Waals surface area (Å²) in [7, 11) is 0. The SMILES string of the molecule is CC=CCCOC(=O)C=Cc1ccc(O)cc1. The van der Waals surface area contributed by atoms with Gasteiger partial charge in [0, 0.05) is 6.08 Å². The summed E-state index contributed by atoms with van der Waals surface area (Å²) in [6.07, 6.45) is 7.62. The minimum atomic E-state index is -0.359. The molecular weight excluding hydrogens is 216 g/mol. The first-order valence-electron chi connectivity index (χ1n) is 5.47. The fraction of sp³-hybridized carbons (Fsp3) is 0.214. The summed E-state index contributed by atoms with van der Waals surface area (Å²) >= 11 is 0. The number of aromatic hydroxyl groups is 1. The average molecular weight is 232 g/mol. The Bertz CT molecular complexity index is 402. The van der Waals surface area contributed by atoms with Crippen molar-refractivity contribution in [3.8, 4) is 5.75 Å². The first kappa shape index (κ1) is 13.0. The Hall–Kier alpha value is -2.03. The molecular formula is C14H16O3. The number of rotatable bonds is 5. The van der Waals surface area contributed by atoms with E-state index in [0.29, 0.717) is 6.61 Å². The van der Waals surface area contributed by atoms with Crippen molar-refractivity contribution in [2.75, 3.05) is 6.61 Å². The molecule has 0 aliphatic carbocycles. The van der Waals surface area contributed by atoms with Crippen molar-refractivity contribution < 1.29 is 14.6 Å². The molecule has 0 saturated heterocycles. The fourth-order valence-electron chi connectivity index (χ4n) is 1.19. The average Bonchev–Trinajstić information content (AvgIpc) is 2.34. The Morgan fingerprint density at radius 1 is 1.35 bits per heavy atom. The number of esters is 1. The van der Waals surface area contributed by atoms with Crippen LogP contribution in [0.4, 0.5) is 0 Å². The van der Waals surface area contributed by atoms with E-state index in [0.717, 1.165) is 12.0 Å². The van der Waals surface area contributed by atoms with Gasteiger partial charge in [-0.2, -0.15) is 0 Å². The highest BCUT2D eigenvalue weighted by Gasteiger charge is 1.95. The molecule has 17 heavy (non-hydrogen) atoms. The number of hydrogen-bond acceptors (Lipinski definition) is 3. The van der Waals surface area contributed by atoms with Gasteiger partial charge in [0.1, 0.15) is 5.75 Å². The molecule has 1 rings (SSSR count). The standard InChI is InChI=1S/C14H16O3/c1-2-3-4-11-17-14(16)10-7-12-5-8-13(15)9-6-12/h2-3,5-10,15H,4,11H2,1H3. The van der Waals surface area contributed by atoms with Gasteiger partial charge in [0.15, 0.2) is 0 Å². The molecule has 0 aromatic heterocycles. The number of allylic oxidation sites excluding steroid dienone is 1. The van der Waals surface area contributed by atoms with Crippen LogP contribution in [0.2, 0.25) is 0 Å². The highest BCUT2D eigenvalue weighted by Crippen LogP contribution is 2.10. The summed E-state index contributed by atoms with van der Waals surface area (Å²) in [4.78, 5) is 11.3. The van der Waals surface area contributed by atoms with Gasteiger partial charge < -0.3 is 9.84 Å². The minimum absolute atomic E-state index is 0.205. The van der Waals surface area contributed by atoms with Crippen LogP contribution in [0.15, 0.2) is 42.5 Å². The van der Waals surface area contributed by atoms with Crippen molar-refractivity contribution in [1.82, 2.24) is 0 Å². The highest BCUT2D eigenvalue weighted by molar-refractivity contribution is 5.87. The molecule has 1 N–H and O–H groups in total. The molecule has 1 aromatic rings. The Morgan fingerprint density at radius 3 is 2.71 bits per heavy atom. The molecule has 0 saturated carbocycles. The Kier molecular flexibility index (Phi) is 5.58. The van der Waals surface area contributed by atoms with Crippen LogP contribution in [0.25, 0.3) is 6.08 Å². The molecule has 3 heteroatoms. The zero-order valence-electron chi connectivity index (χ0n) is 9.80. The second-order valence-electron chi connectivity index (χ2n) is 3.45. The number of phenolic OH excluding ortho intramolecular Hbond substituents is 1. The second-order valence-corrected chi connectivity index (χ2v) is 3.45. The van der Waals surface area contributed by atoms with Crippen LogP contribution in [0.5, 0.6) is 5.75 Å². The third-order valence-corrected chi connectivity index (χ3v) is 2.07. The summed E-state index contributed by atoms with van der Waals surface area (Å²) < 4.78 is 4.96. The Labute approximate surface area is 101 Å². The summed E-state index contributed by atoms with van der Waals surface area (Å²) in [6.45, 7) is 2.32. The zero-order chi connectivity index (χ0) is 12.5. The number of carbonyl (C=O) groups is 1. The van der Waals surface area contributed by atoms with Gasteiger partial charge in [0.2, 0.25) is 0 Å². The molecule has 0 aliphatic rings. The van der Waals surface area contributed by atoms with E-state index in [2.05, 4.69) is 0 Å². The third kappa shape index (κ3) is 5.56. The molecule has 90 valence electrons. The predicted octanol–water partition coefficient (Wildman–Crippen LogP) is 2.91. The molecule has 0 bridgehead atoms. The zero-order valence-corrected chi connectivity index (χ0v) is 9.80. The molecule has 0 fully saturated rings. The van der Waals surface area contributed by atoms with E-state index in [9.17, 15) is 4.79 Å². The lowest BCUT2D eigenvalue weighted by Gasteiger charge is -1.98. The van der Waals surface area contributed by atoms with E-state index in [4.69, 9.17) is 9.84 Å². The maximum absolute atomic E-state index is 11.3. The van der Waals surface area contributed by atoms with E-state index in [-0.39, 0.29) is 11.7 Å². The van der Waals surface area contributed by atoms with Crippen LogP contribution in [0.3, 0.4) is 0 Å². The smallest absolute Gasteiger partial charge is 0.330 e. The van der Waals surface area contributed by atoms with Crippen molar-refractivity contribution in [3.05, 3.63) is 48.1 Å². The van der Waals surface area contributed by atoms with Crippen molar-refractivity contribution in [2.24, 2.45) is 0 Å². The number of hydrogen-bond donors (Lipinski definition) is 1. The van der Waals surface area contributed by atoms with Gasteiger partial charge in [0.25, 0.3) is 0 Å². The van der Waals surface area contributed by atoms with E-state index in [1.54, 1.807) is 30.3 Å². The van der Waals surface area contributed by atoms with Gasteiger partial charge in [-0.3, -0.25) is 0 Å². The Morgan fingerprint density at radius 2 is 2.06 bits per heavy atom. The van der Waals surface area contributed by atoms with E-state index in [1.165, 1.54) is 6.08 Å². The van der Waals surface area contributed by atoms with Gasteiger partial charge in [-0.05, 0) is 37.1 Å².